The Labute approximate surface area is 115 Å². The predicted molar refractivity (Wildman–Crippen MR) is 71.7 cm³/mol. The number of aliphatic hydroxyl groups is 1. The molecule has 3 aliphatic heterocycles. The van der Waals surface area contributed by atoms with Crippen molar-refractivity contribution in [1.82, 2.24) is 4.90 Å². The monoisotopic (exact) mass is 275 g/mol. The highest BCUT2D eigenvalue weighted by Gasteiger charge is 2.59. The Bertz CT molecular complexity index is 631. The van der Waals surface area contributed by atoms with Gasteiger partial charge in [0.1, 0.15) is 5.82 Å². The first-order valence-corrected chi connectivity index (χ1v) is 6.67. The summed E-state index contributed by atoms with van der Waals surface area (Å²) in [6.07, 6.45) is 4.38. The van der Waals surface area contributed by atoms with Crippen molar-refractivity contribution in [3.05, 3.63) is 41.9 Å². The zero-order valence-corrected chi connectivity index (χ0v) is 10.7. The number of amidine groups is 1. The number of aliphatic hydroxyl groups excluding tert-OH is 1. The van der Waals surface area contributed by atoms with Crippen LogP contribution >= 0.6 is 0 Å². The van der Waals surface area contributed by atoms with Gasteiger partial charge in [0.2, 0.25) is 0 Å². The van der Waals surface area contributed by atoms with E-state index in [0.29, 0.717) is 5.84 Å². The zero-order valence-electron chi connectivity index (χ0n) is 10.7. The summed E-state index contributed by atoms with van der Waals surface area (Å²) >= 11 is 0. The van der Waals surface area contributed by atoms with Gasteiger partial charge in [-0.2, -0.15) is 0 Å². The molecule has 2 N–H and O–H groups in total. The minimum atomic E-state index is -0.712. The topological polar surface area (TPSA) is 57.1 Å². The minimum absolute atomic E-state index is 0.0291. The molecule has 104 valence electrons. The summed E-state index contributed by atoms with van der Waals surface area (Å²) in [4.78, 5) is 7.80. The first kappa shape index (κ1) is 11.6. The minimum Gasteiger partial charge on any atom is -0.515 e. The number of hydrogen-bond acceptors (Lipinski definition) is 5. The first-order valence-electron chi connectivity index (χ1n) is 6.67. The Morgan fingerprint density at radius 1 is 1.55 bits per heavy atom. The van der Waals surface area contributed by atoms with Crippen LogP contribution in [0.1, 0.15) is 18.4 Å². The highest BCUT2D eigenvalue weighted by Crippen LogP contribution is 2.51. The number of piperidine rings is 1. The number of nitrogens with one attached hydrogen (secondary N) is 1. The summed E-state index contributed by atoms with van der Waals surface area (Å²) in [5, 5.41) is 16.4. The molecular weight excluding hydrogens is 261 g/mol. The van der Waals surface area contributed by atoms with Gasteiger partial charge in [-0.3, -0.25) is 0 Å². The van der Waals surface area contributed by atoms with Crippen molar-refractivity contribution in [3.63, 3.8) is 0 Å². The van der Waals surface area contributed by atoms with Crippen molar-refractivity contribution < 1.29 is 14.3 Å². The fourth-order valence-electron chi connectivity index (χ4n) is 3.44. The SMILES string of the molecule is O/C=C/C1=NOC23c4ccc(F)cc4NC2CCCN13. The average Bonchev–Trinajstić information content (AvgIpc) is 2.95. The first-order chi connectivity index (χ1) is 9.75. The number of halogens is 1. The van der Waals surface area contributed by atoms with Gasteiger partial charge < -0.3 is 20.2 Å². The summed E-state index contributed by atoms with van der Waals surface area (Å²) in [5.41, 5.74) is 0.941. The third-order valence-corrected chi connectivity index (χ3v) is 4.22. The van der Waals surface area contributed by atoms with Gasteiger partial charge in [-0.1, -0.05) is 5.16 Å². The van der Waals surface area contributed by atoms with Crippen LogP contribution in [0.5, 0.6) is 0 Å². The second kappa shape index (κ2) is 3.88. The summed E-state index contributed by atoms with van der Waals surface area (Å²) in [5.74, 6) is 0.323. The van der Waals surface area contributed by atoms with Crippen molar-refractivity contribution in [3.8, 4) is 0 Å². The number of nitrogens with zero attached hydrogens (tertiary/aromatic N) is 2. The van der Waals surface area contributed by atoms with Gasteiger partial charge in [0, 0.05) is 23.9 Å². The molecule has 0 aromatic heterocycles. The third-order valence-electron chi connectivity index (χ3n) is 4.22. The van der Waals surface area contributed by atoms with Gasteiger partial charge >= 0.3 is 0 Å². The number of anilines is 1. The van der Waals surface area contributed by atoms with Crippen LogP contribution in [0.15, 0.2) is 35.7 Å². The molecule has 20 heavy (non-hydrogen) atoms. The van der Waals surface area contributed by atoms with E-state index >= 15 is 0 Å². The Kier molecular flexibility index (Phi) is 2.24. The molecule has 0 aliphatic carbocycles. The highest BCUT2D eigenvalue weighted by atomic mass is 19.1. The maximum atomic E-state index is 13.4. The average molecular weight is 275 g/mol. The van der Waals surface area contributed by atoms with Gasteiger partial charge in [0.15, 0.2) is 5.84 Å². The van der Waals surface area contributed by atoms with Crippen LogP contribution in [-0.2, 0) is 10.6 Å². The standard InChI is InChI=1S/C14H14FN3O2/c15-9-3-4-10-11(8-9)16-12-2-1-6-18-13(5-7-19)17-20-14(10,12)18/h3-5,7-8,12,16,19H,1-2,6H2/b7-5+. The van der Waals surface area contributed by atoms with E-state index in [-0.39, 0.29) is 11.9 Å². The number of oxime groups is 1. The quantitative estimate of drug-likeness (QED) is 0.772. The van der Waals surface area contributed by atoms with Crippen molar-refractivity contribution in [2.45, 2.75) is 24.6 Å². The van der Waals surface area contributed by atoms with E-state index in [1.165, 1.54) is 18.2 Å². The number of fused-ring (bicyclic) bond motifs is 1. The zero-order chi connectivity index (χ0) is 13.7. The normalized spacial score (nSPS) is 30.4. The van der Waals surface area contributed by atoms with Crippen LogP contribution in [-0.4, -0.2) is 28.4 Å². The Hall–Kier alpha value is -2.24. The van der Waals surface area contributed by atoms with Crippen molar-refractivity contribution in [1.29, 1.82) is 0 Å². The van der Waals surface area contributed by atoms with Crippen molar-refractivity contribution >= 4 is 11.5 Å². The molecular formula is C14H14FN3O2. The van der Waals surface area contributed by atoms with E-state index in [1.807, 2.05) is 4.90 Å². The predicted octanol–water partition coefficient (Wildman–Crippen LogP) is 2.28. The molecule has 5 nitrogen and oxygen atoms in total. The molecule has 6 heteroatoms. The van der Waals surface area contributed by atoms with E-state index in [1.54, 1.807) is 6.07 Å². The molecule has 4 rings (SSSR count). The summed E-state index contributed by atoms with van der Waals surface area (Å²) < 4.78 is 13.4. The maximum Gasteiger partial charge on any atom is 0.259 e. The van der Waals surface area contributed by atoms with Crippen LogP contribution in [0.4, 0.5) is 10.1 Å². The van der Waals surface area contributed by atoms with Crippen LogP contribution in [0, 0.1) is 5.82 Å². The smallest absolute Gasteiger partial charge is 0.259 e. The summed E-state index contributed by atoms with van der Waals surface area (Å²) in [6, 6.07) is 4.70. The molecule has 1 fully saturated rings. The molecule has 1 aromatic carbocycles. The van der Waals surface area contributed by atoms with Crippen LogP contribution < -0.4 is 5.32 Å². The lowest BCUT2D eigenvalue weighted by Crippen LogP contribution is -2.56. The van der Waals surface area contributed by atoms with Gasteiger partial charge in [-0.25, -0.2) is 4.39 Å². The number of hydrogen-bond donors (Lipinski definition) is 2. The Balaban J connectivity index is 1.85. The molecule has 3 aliphatic rings. The number of benzene rings is 1. The van der Waals surface area contributed by atoms with E-state index in [4.69, 9.17) is 9.94 Å². The van der Waals surface area contributed by atoms with Crippen LogP contribution in [0.25, 0.3) is 0 Å². The molecule has 1 aromatic rings. The highest BCUT2D eigenvalue weighted by molar-refractivity contribution is 5.94. The van der Waals surface area contributed by atoms with Gasteiger partial charge in [-0.05, 0) is 31.0 Å². The van der Waals surface area contributed by atoms with E-state index in [0.717, 1.165) is 36.9 Å². The lowest BCUT2D eigenvalue weighted by atomic mass is 9.89. The van der Waals surface area contributed by atoms with Crippen LogP contribution in [0.3, 0.4) is 0 Å². The summed E-state index contributed by atoms with van der Waals surface area (Å²) in [6.45, 7) is 0.790. The Morgan fingerprint density at radius 2 is 2.45 bits per heavy atom. The molecule has 2 unspecified atom stereocenters. The van der Waals surface area contributed by atoms with Gasteiger partial charge in [0.05, 0.1) is 12.3 Å². The van der Waals surface area contributed by atoms with Crippen molar-refractivity contribution in [2.75, 3.05) is 11.9 Å². The van der Waals surface area contributed by atoms with Crippen molar-refractivity contribution in [2.24, 2.45) is 5.16 Å². The fraction of sp³-hybridized carbons (Fsp3) is 0.357. The molecule has 0 saturated carbocycles. The second-order valence-electron chi connectivity index (χ2n) is 5.23. The lowest BCUT2D eigenvalue weighted by molar-refractivity contribution is -0.127. The Morgan fingerprint density at radius 3 is 3.30 bits per heavy atom. The fourth-order valence-corrected chi connectivity index (χ4v) is 3.44. The van der Waals surface area contributed by atoms with Gasteiger partial charge in [-0.15, -0.1) is 0 Å². The van der Waals surface area contributed by atoms with E-state index in [2.05, 4.69) is 10.5 Å². The van der Waals surface area contributed by atoms with E-state index in [9.17, 15) is 4.39 Å². The second-order valence-corrected chi connectivity index (χ2v) is 5.23. The van der Waals surface area contributed by atoms with Gasteiger partial charge in [0.25, 0.3) is 5.72 Å². The largest absolute Gasteiger partial charge is 0.515 e. The third kappa shape index (κ3) is 1.28. The summed E-state index contributed by atoms with van der Waals surface area (Å²) in [7, 11) is 0. The lowest BCUT2D eigenvalue weighted by Gasteiger charge is -2.42. The van der Waals surface area contributed by atoms with Crippen LogP contribution in [0.2, 0.25) is 0 Å². The maximum absolute atomic E-state index is 13.4. The molecule has 0 bridgehead atoms. The molecule has 0 amide bonds. The molecule has 0 radical (unpaired) electrons. The molecule has 1 saturated heterocycles. The number of rotatable bonds is 1. The molecule has 2 atom stereocenters. The molecule has 1 spiro atoms. The van der Waals surface area contributed by atoms with E-state index < -0.39 is 5.72 Å². The molecule has 3 heterocycles.